The molecule has 3 saturated carbocycles. The van der Waals surface area contributed by atoms with Gasteiger partial charge in [-0.05, 0) is 73.2 Å². The predicted octanol–water partition coefficient (Wildman–Crippen LogP) is 3.62. The number of ketones is 1. The van der Waals surface area contributed by atoms with E-state index in [1.807, 2.05) is 6.92 Å². The van der Waals surface area contributed by atoms with Gasteiger partial charge in [0.25, 0.3) is 0 Å². The Morgan fingerprint density at radius 2 is 1.89 bits per heavy atom. The zero-order chi connectivity index (χ0) is 12.4. The fourth-order valence-corrected chi connectivity index (χ4v) is 5.80. The monoisotopic (exact) mass is 242 g/mol. The molecule has 4 aliphatic carbocycles. The smallest absolute Gasteiger partial charge is 0.158 e. The maximum Gasteiger partial charge on any atom is 0.158 e. The number of rotatable bonds is 3. The van der Waals surface area contributed by atoms with Gasteiger partial charge in [0, 0.05) is 6.42 Å². The quantitative estimate of drug-likeness (QED) is 0.420. The Hall–Kier alpha value is -0.850. The van der Waals surface area contributed by atoms with Gasteiger partial charge in [-0.3, -0.25) is 4.79 Å². The van der Waals surface area contributed by atoms with E-state index in [0.29, 0.717) is 11.7 Å². The van der Waals surface area contributed by atoms with Gasteiger partial charge in [0.1, 0.15) is 0 Å². The maximum atomic E-state index is 11.9. The maximum absolute atomic E-state index is 11.9. The lowest BCUT2D eigenvalue weighted by Crippen LogP contribution is -2.32. The van der Waals surface area contributed by atoms with Gasteiger partial charge in [0.2, 0.25) is 0 Å². The van der Waals surface area contributed by atoms with Crippen molar-refractivity contribution in [1.29, 1.82) is 0 Å². The number of hydrogen-bond donors (Lipinski definition) is 0. The summed E-state index contributed by atoms with van der Waals surface area (Å²) in [6, 6.07) is 0. The number of hydrogen-bond acceptors (Lipinski definition) is 1. The molecule has 0 aromatic carbocycles. The van der Waals surface area contributed by atoms with Crippen molar-refractivity contribution in [2.45, 2.75) is 32.6 Å². The first kappa shape index (κ1) is 11.0. The van der Waals surface area contributed by atoms with Crippen LogP contribution in [0.4, 0.5) is 0 Å². The van der Waals surface area contributed by atoms with Gasteiger partial charge >= 0.3 is 0 Å². The zero-order valence-electron chi connectivity index (χ0n) is 11.1. The molecule has 18 heavy (non-hydrogen) atoms. The average molecular weight is 242 g/mol. The number of carbonyl (C=O) groups is 1. The number of carbonyl (C=O) groups excluding carboxylic acids is 1. The molecule has 0 spiro atoms. The minimum absolute atomic E-state index is 0.308. The number of fused-ring (bicyclic) bond motifs is 9. The molecule has 4 bridgehead atoms. The lowest BCUT2D eigenvalue weighted by atomic mass is 9.68. The van der Waals surface area contributed by atoms with Crippen LogP contribution in [0.5, 0.6) is 0 Å². The molecule has 4 aliphatic rings. The fraction of sp³-hybridized carbons (Fsp3) is 0.706. The van der Waals surface area contributed by atoms with E-state index in [4.69, 9.17) is 0 Å². The summed E-state index contributed by atoms with van der Waals surface area (Å²) in [5, 5.41) is 0. The van der Waals surface area contributed by atoms with Crippen LogP contribution in [0.3, 0.4) is 0 Å². The van der Waals surface area contributed by atoms with Crippen molar-refractivity contribution in [3.8, 4) is 0 Å². The van der Waals surface area contributed by atoms with Crippen LogP contribution in [-0.2, 0) is 4.79 Å². The van der Waals surface area contributed by atoms with Gasteiger partial charge in [0.05, 0.1) is 0 Å². The molecule has 3 fully saturated rings. The molecule has 1 heteroatoms. The van der Waals surface area contributed by atoms with Crippen molar-refractivity contribution in [1.82, 2.24) is 0 Å². The number of allylic oxidation sites excluding steroid dienone is 3. The van der Waals surface area contributed by atoms with E-state index in [2.05, 4.69) is 18.7 Å². The summed E-state index contributed by atoms with van der Waals surface area (Å²) < 4.78 is 0. The van der Waals surface area contributed by atoms with Crippen LogP contribution < -0.4 is 0 Å². The van der Waals surface area contributed by atoms with Crippen LogP contribution in [0.15, 0.2) is 24.3 Å². The highest BCUT2D eigenvalue weighted by Crippen LogP contribution is 2.67. The standard InChI is InChI=1S/C17H22O/c1-9(2)15(18)8-12-6-13-7-14(12)17-11-4-3-10(5-11)16(13)17/h3-4,10-14,16-17H,1,5-8H2,2H3. The molecule has 96 valence electrons. The Morgan fingerprint density at radius 3 is 2.61 bits per heavy atom. The van der Waals surface area contributed by atoms with E-state index in [-0.39, 0.29) is 0 Å². The predicted molar refractivity (Wildman–Crippen MR) is 71.9 cm³/mol. The molecule has 4 rings (SSSR count). The summed E-state index contributed by atoms with van der Waals surface area (Å²) in [7, 11) is 0. The SMILES string of the molecule is C=C(C)C(=O)CC1CC2CC1C1C3C=CC(C3)C21. The Kier molecular flexibility index (Phi) is 2.19. The van der Waals surface area contributed by atoms with Crippen molar-refractivity contribution in [2.24, 2.45) is 41.4 Å². The van der Waals surface area contributed by atoms with Crippen molar-refractivity contribution in [3.05, 3.63) is 24.3 Å². The van der Waals surface area contributed by atoms with E-state index in [1.54, 1.807) is 0 Å². The van der Waals surface area contributed by atoms with Crippen LogP contribution in [0.1, 0.15) is 32.6 Å². The molecule has 0 aliphatic heterocycles. The second-order valence-corrected chi connectivity index (χ2v) is 7.17. The minimum atomic E-state index is 0.308. The molecule has 0 N–H and O–H groups in total. The molecule has 0 radical (unpaired) electrons. The first-order valence-corrected chi connectivity index (χ1v) is 7.52. The van der Waals surface area contributed by atoms with Crippen LogP contribution in [-0.4, -0.2) is 5.78 Å². The molecule has 0 amide bonds. The Balaban J connectivity index is 1.54. The Bertz CT molecular complexity index is 447. The lowest BCUT2D eigenvalue weighted by Gasteiger charge is -2.36. The third kappa shape index (κ3) is 1.31. The van der Waals surface area contributed by atoms with Crippen molar-refractivity contribution in [2.75, 3.05) is 0 Å². The highest BCUT2D eigenvalue weighted by atomic mass is 16.1. The van der Waals surface area contributed by atoms with Gasteiger partial charge in [0.15, 0.2) is 5.78 Å². The summed E-state index contributed by atoms with van der Waals surface area (Å²) in [6.07, 6.45) is 9.90. The topological polar surface area (TPSA) is 17.1 Å². The van der Waals surface area contributed by atoms with Gasteiger partial charge in [-0.1, -0.05) is 18.7 Å². The van der Waals surface area contributed by atoms with Crippen molar-refractivity contribution < 1.29 is 4.79 Å². The molecule has 7 unspecified atom stereocenters. The van der Waals surface area contributed by atoms with E-state index in [1.165, 1.54) is 19.3 Å². The molecule has 0 aromatic rings. The van der Waals surface area contributed by atoms with E-state index in [0.717, 1.165) is 47.5 Å². The highest BCUT2D eigenvalue weighted by Gasteiger charge is 2.60. The Labute approximate surface area is 109 Å². The van der Waals surface area contributed by atoms with Gasteiger partial charge in [-0.2, -0.15) is 0 Å². The van der Waals surface area contributed by atoms with Crippen LogP contribution in [0.25, 0.3) is 0 Å². The summed E-state index contributed by atoms with van der Waals surface area (Å²) in [4.78, 5) is 11.9. The van der Waals surface area contributed by atoms with Gasteiger partial charge in [-0.15, -0.1) is 0 Å². The fourth-order valence-electron chi connectivity index (χ4n) is 5.80. The first-order chi connectivity index (χ1) is 8.65. The molecular weight excluding hydrogens is 220 g/mol. The molecule has 1 nitrogen and oxygen atoms in total. The summed E-state index contributed by atoms with van der Waals surface area (Å²) in [5.41, 5.74) is 0.752. The average Bonchev–Trinajstić information content (AvgIpc) is 3.06. The normalized spacial score (nSPS) is 50.8. The van der Waals surface area contributed by atoms with Crippen molar-refractivity contribution >= 4 is 5.78 Å². The van der Waals surface area contributed by atoms with Crippen LogP contribution >= 0.6 is 0 Å². The van der Waals surface area contributed by atoms with Gasteiger partial charge < -0.3 is 0 Å². The van der Waals surface area contributed by atoms with E-state index < -0.39 is 0 Å². The summed E-state index contributed by atoms with van der Waals surface area (Å²) in [6.45, 7) is 5.66. The first-order valence-electron chi connectivity index (χ1n) is 7.52. The third-order valence-electron chi connectivity index (χ3n) is 6.33. The van der Waals surface area contributed by atoms with E-state index in [9.17, 15) is 4.79 Å². The molecule has 0 saturated heterocycles. The highest BCUT2D eigenvalue weighted by molar-refractivity contribution is 5.94. The molecular formula is C17H22O. The molecule has 7 atom stereocenters. The second kappa shape index (κ2) is 3.59. The lowest BCUT2D eigenvalue weighted by molar-refractivity contribution is -0.117. The third-order valence-corrected chi connectivity index (χ3v) is 6.33. The Morgan fingerprint density at radius 1 is 1.17 bits per heavy atom. The summed E-state index contributed by atoms with van der Waals surface area (Å²) in [5.74, 6) is 6.44. The molecule has 0 aromatic heterocycles. The zero-order valence-corrected chi connectivity index (χ0v) is 11.1. The van der Waals surface area contributed by atoms with Gasteiger partial charge in [-0.25, -0.2) is 0 Å². The minimum Gasteiger partial charge on any atom is -0.295 e. The largest absolute Gasteiger partial charge is 0.295 e. The number of Topliss-reactive ketones (excluding diaryl/α,β-unsaturated/α-hetero) is 1. The van der Waals surface area contributed by atoms with Crippen LogP contribution in [0.2, 0.25) is 0 Å². The van der Waals surface area contributed by atoms with E-state index >= 15 is 0 Å². The second-order valence-electron chi connectivity index (χ2n) is 7.17. The molecule has 0 heterocycles. The van der Waals surface area contributed by atoms with Crippen LogP contribution in [0, 0.1) is 41.4 Å². The van der Waals surface area contributed by atoms with Crippen molar-refractivity contribution in [3.63, 3.8) is 0 Å². The summed E-state index contributed by atoms with van der Waals surface area (Å²) >= 11 is 0.